The van der Waals surface area contributed by atoms with Crippen LogP contribution >= 0.6 is 12.2 Å². The minimum Gasteiger partial charge on any atom is -0.285 e. The van der Waals surface area contributed by atoms with Crippen LogP contribution in [-0.2, 0) is 0 Å². The van der Waals surface area contributed by atoms with E-state index in [1.165, 1.54) is 0 Å². The van der Waals surface area contributed by atoms with Crippen LogP contribution < -0.4 is 0 Å². The van der Waals surface area contributed by atoms with Gasteiger partial charge in [0.15, 0.2) is 0 Å². The highest BCUT2D eigenvalue weighted by Gasteiger charge is 2.11. The maximum Gasteiger partial charge on any atom is 0.146 e. The van der Waals surface area contributed by atoms with Gasteiger partial charge >= 0.3 is 0 Å². The molecular formula is C22H16N2S. The minimum absolute atomic E-state index is 0.735. The molecule has 0 saturated heterocycles. The highest BCUT2D eigenvalue weighted by molar-refractivity contribution is 7.71. The Morgan fingerprint density at radius 2 is 1.16 bits per heavy atom. The van der Waals surface area contributed by atoms with Gasteiger partial charge in [0.1, 0.15) is 10.5 Å². The second-order valence-electron chi connectivity index (χ2n) is 5.71. The zero-order valence-electron chi connectivity index (χ0n) is 13.5. The second kappa shape index (κ2) is 6.83. The van der Waals surface area contributed by atoms with E-state index >= 15 is 0 Å². The minimum atomic E-state index is 0.735. The molecule has 0 fully saturated rings. The first-order chi connectivity index (χ1) is 12.3. The SMILES string of the molecule is S=c1cc(-c2ccccc2)nc(-c2ccccc2)n1-c1ccccc1. The zero-order valence-corrected chi connectivity index (χ0v) is 14.4. The number of aromatic nitrogens is 2. The summed E-state index contributed by atoms with van der Waals surface area (Å²) in [5, 5.41) is 0. The molecule has 120 valence electrons. The lowest BCUT2D eigenvalue weighted by Crippen LogP contribution is -2.05. The van der Waals surface area contributed by atoms with Crippen LogP contribution in [0.15, 0.2) is 97.1 Å². The fraction of sp³-hybridized carbons (Fsp3) is 0. The normalized spacial score (nSPS) is 10.6. The molecule has 4 rings (SSSR count). The molecule has 2 nitrogen and oxygen atoms in total. The molecule has 0 bridgehead atoms. The molecule has 0 radical (unpaired) electrons. The fourth-order valence-electron chi connectivity index (χ4n) is 2.85. The van der Waals surface area contributed by atoms with Gasteiger partial charge < -0.3 is 0 Å². The molecule has 0 unspecified atom stereocenters. The largest absolute Gasteiger partial charge is 0.285 e. The van der Waals surface area contributed by atoms with E-state index in [4.69, 9.17) is 17.2 Å². The average molecular weight is 340 g/mol. The average Bonchev–Trinajstić information content (AvgIpc) is 2.69. The molecule has 1 aromatic heterocycles. The van der Waals surface area contributed by atoms with Crippen LogP contribution in [-0.4, -0.2) is 9.55 Å². The number of para-hydroxylation sites is 1. The molecule has 0 aliphatic rings. The van der Waals surface area contributed by atoms with Gasteiger partial charge in [-0.05, 0) is 18.2 Å². The third-order valence-corrected chi connectivity index (χ3v) is 4.34. The third-order valence-electron chi connectivity index (χ3n) is 4.03. The monoisotopic (exact) mass is 340 g/mol. The van der Waals surface area contributed by atoms with E-state index in [9.17, 15) is 0 Å². The Kier molecular flexibility index (Phi) is 4.23. The summed E-state index contributed by atoms with van der Waals surface area (Å²) in [5.41, 5.74) is 4.00. The van der Waals surface area contributed by atoms with Crippen molar-refractivity contribution in [1.82, 2.24) is 9.55 Å². The lowest BCUT2D eigenvalue weighted by Gasteiger charge is -2.15. The van der Waals surface area contributed by atoms with Gasteiger partial charge in [0.05, 0.1) is 5.69 Å². The summed E-state index contributed by atoms with van der Waals surface area (Å²) in [7, 11) is 0. The summed E-state index contributed by atoms with van der Waals surface area (Å²) in [6.07, 6.45) is 0. The molecule has 0 amide bonds. The van der Waals surface area contributed by atoms with Crippen molar-refractivity contribution in [1.29, 1.82) is 0 Å². The first kappa shape index (κ1) is 15.5. The van der Waals surface area contributed by atoms with Crippen molar-refractivity contribution in [2.75, 3.05) is 0 Å². The van der Waals surface area contributed by atoms with Gasteiger partial charge in [0.2, 0.25) is 0 Å². The Labute approximate surface area is 152 Å². The van der Waals surface area contributed by atoms with Crippen LogP contribution in [0.25, 0.3) is 28.3 Å². The van der Waals surface area contributed by atoms with Crippen molar-refractivity contribution in [3.8, 4) is 28.3 Å². The van der Waals surface area contributed by atoms with E-state index in [-0.39, 0.29) is 0 Å². The highest BCUT2D eigenvalue weighted by atomic mass is 32.1. The first-order valence-corrected chi connectivity index (χ1v) is 8.54. The van der Waals surface area contributed by atoms with Gasteiger partial charge in [0.25, 0.3) is 0 Å². The predicted molar refractivity (Wildman–Crippen MR) is 105 cm³/mol. The van der Waals surface area contributed by atoms with Gasteiger partial charge in [-0.15, -0.1) is 0 Å². The number of hydrogen-bond donors (Lipinski definition) is 0. The summed E-state index contributed by atoms with van der Waals surface area (Å²) in [6.45, 7) is 0. The molecule has 3 heteroatoms. The van der Waals surface area contributed by atoms with Crippen molar-refractivity contribution < 1.29 is 0 Å². The van der Waals surface area contributed by atoms with Crippen LogP contribution in [0.1, 0.15) is 0 Å². The molecule has 0 saturated carbocycles. The first-order valence-electron chi connectivity index (χ1n) is 8.13. The second-order valence-corrected chi connectivity index (χ2v) is 6.12. The van der Waals surface area contributed by atoms with Gasteiger partial charge in [-0.2, -0.15) is 0 Å². The van der Waals surface area contributed by atoms with E-state index in [1.807, 2.05) is 77.4 Å². The molecule has 0 spiro atoms. The Morgan fingerprint density at radius 1 is 0.640 bits per heavy atom. The molecule has 25 heavy (non-hydrogen) atoms. The Hall–Kier alpha value is -3.04. The summed E-state index contributed by atoms with van der Waals surface area (Å²) in [4.78, 5) is 4.95. The fourth-order valence-corrected chi connectivity index (χ4v) is 3.15. The molecule has 3 aromatic carbocycles. The maximum atomic E-state index is 5.73. The predicted octanol–water partition coefficient (Wildman–Crippen LogP) is 5.94. The Morgan fingerprint density at radius 3 is 1.76 bits per heavy atom. The summed E-state index contributed by atoms with van der Waals surface area (Å²) >= 11 is 5.73. The van der Waals surface area contributed by atoms with Crippen LogP contribution in [0.3, 0.4) is 0 Å². The third kappa shape index (κ3) is 3.14. The van der Waals surface area contributed by atoms with Crippen LogP contribution in [0.4, 0.5) is 0 Å². The van der Waals surface area contributed by atoms with Gasteiger partial charge in [0, 0.05) is 16.8 Å². The van der Waals surface area contributed by atoms with E-state index in [1.54, 1.807) is 0 Å². The Bertz CT molecular complexity index is 1040. The van der Waals surface area contributed by atoms with Crippen molar-refractivity contribution >= 4 is 12.2 Å². The molecule has 4 aromatic rings. The smallest absolute Gasteiger partial charge is 0.146 e. The van der Waals surface area contributed by atoms with Gasteiger partial charge in [-0.3, -0.25) is 4.57 Å². The number of hydrogen-bond acceptors (Lipinski definition) is 2. The molecule has 1 heterocycles. The number of benzene rings is 3. The summed E-state index contributed by atoms with van der Waals surface area (Å²) in [6, 6.07) is 32.4. The van der Waals surface area contributed by atoms with Crippen LogP contribution in [0, 0.1) is 4.64 Å². The van der Waals surface area contributed by atoms with Crippen LogP contribution in [0.2, 0.25) is 0 Å². The molecular weight excluding hydrogens is 324 g/mol. The highest BCUT2D eigenvalue weighted by Crippen LogP contribution is 2.26. The van der Waals surface area contributed by atoms with E-state index < -0.39 is 0 Å². The van der Waals surface area contributed by atoms with E-state index in [0.717, 1.165) is 33.0 Å². The van der Waals surface area contributed by atoms with E-state index in [0.29, 0.717) is 0 Å². The lowest BCUT2D eigenvalue weighted by atomic mass is 10.1. The summed E-state index contributed by atoms with van der Waals surface area (Å²) in [5.74, 6) is 0.846. The summed E-state index contributed by atoms with van der Waals surface area (Å²) < 4.78 is 2.76. The van der Waals surface area contributed by atoms with Crippen molar-refractivity contribution in [3.63, 3.8) is 0 Å². The quantitative estimate of drug-likeness (QED) is 0.430. The number of nitrogens with zero attached hydrogens (tertiary/aromatic N) is 2. The Balaban J connectivity index is 2.01. The van der Waals surface area contributed by atoms with Crippen molar-refractivity contribution in [3.05, 3.63) is 102 Å². The molecule has 0 atom stereocenters. The molecule has 0 N–H and O–H groups in total. The zero-order chi connectivity index (χ0) is 17.1. The lowest BCUT2D eigenvalue weighted by molar-refractivity contribution is 0.982. The van der Waals surface area contributed by atoms with Crippen molar-refractivity contribution in [2.24, 2.45) is 0 Å². The molecule has 0 aliphatic carbocycles. The standard InChI is InChI=1S/C22H16N2S/c25-21-16-20(17-10-4-1-5-11-17)23-22(18-12-6-2-7-13-18)24(21)19-14-8-3-9-15-19/h1-16H. The van der Waals surface area contributed by atoms with Gasteiger partial charge in [-0.1, -0.05) is 91.1 Å². The number of rotatable bonds is 3. The topological polar surface area (TPSA) is 17.8 Å². The maximum absolute atomic E-state index is 5.73. The van der Waals surface area contributed by atoms with E-state index in [2.05, 4.69) is 24.3 Å². The van der Waals surface area contributed by atoms with Gasteiger partial charge in [-0.25, -0.2) is 4.98 Å². The van der Waals surface area contributed by atoms with Crippen LogP contribution in [0.5, 0.6) is 0 Å². The molecule has 0 aliphatic heterocycles. The van der Waals surface area contributed by atoms with Crippen molar-refractivity contribution in [2.45, 2.75) is 0 Å².